The number of allylic oxidation sites excluding steroid dienone is 2. The topological polar surface area (TPSA) is 20.3 Å². The molecule has 0 aromatic carbocycles. The lowest BCUT2D eigenvalue weighted by Gasteiger charge is -2.29. The molecule has 0 unspecified atom stereocenters. The highest BCUT2D eigenvalue weighted by molar-refractivity contribution is 5.92. The van der Waals surface area contributed by atoms with Crippen LogP contribution in [0.25, 0.3) is 0 Å². The van der Waals surface area contributed by atoms with Crippen LogP contribution >= 0.6 is 0 Å². The van der Waals surface area contributed by atoms with Crippen molar-refractivity contribution in [1.82, 2.24) is 4.90 Å². The monoisotopic (exact) mass is 183 g/mol. The molecule has 0 aromatic heterocycles. The third-order valence-electron chi connectivity index (χ3n) is 2.50. The second-order valence-corrected chi connectivity index (χ2v) is 3.31. The number of likely N-dealkylation sites (N-methyl/N-ethyl adjacent to an activating group) is 1. The van der Waals surface area contributed by atoms with Crippen molar-refractivity contribution in [2.75, 3.05) is 7.05 Å². The summed E-state index contributed by atoms with van der Waals surface area (Å²) >= 11 is 0. The Morgan fingerprint density at radius 1 is 1.38 bits per heavy atom. The minimum Gasteiger partial charge on any atom is -0.369 e. The Morgan fingerprint density at radius 2 is 1.85 bits per heavy atom. The molecule has 0 aliphatic carbocycles. The van der Waals surface area contributed by atoms with Crippen LogP contribution in [0.1, 0.15) is 40.5 Å². The lowest BCUT2D eigenvalue weighted by Crippen LogP contribution is -2.32. The van der Waals surface area contributed by atoms with Gasteiger partial charge in [0.05, 0.1) is 5.70 Å². The van der Waals surface area contributed by atoms with Gasteiger partial charge in [-0.1, -0.05) is 19.9 Å². The molecule has 2 heteroatoms. The first-order valence-corrected chi connectivity index (χ1v) is 4.98. The Bertz CT molecular complexity index is 192. The van der Waals surface area contributed by atoms with Gasteiger partial charge in [-0.3, -0.25) is 4.79 Å². The van der Waals surface area contributed by atoms with E-state index >= 15 is 0 Å². The normalized spacial score (nSPS) is 12.0. The van der Waals surface area contributed by atoms with E-state index in [2.05, 4.69) is 18.7 Å². The SMILES string of the molecule is CC=C(C(C)=O)N(C)C(CC)CC. The predicted octanol–water partition coefficient (Wildman–Crippen LogP) is 2.60. The van der Waals surface area contributed by atoms with E-state index in [1.54, 1.807) is 6.92 Å². The van der Waals surface area contributed by atoms with Gasteiger partial charge in [-0.2, -0.15) is 0 Å². The van der Waals surface area contributed by atoms with Crippen LogP contribution in [0.3, 0.4) is 0 Å². The van der Waals surface area contributed by atoms with E-state index in [1.807, 2.05) is 20.0 Å². The predicted molar refractivity (Wildman–Crippen MR) is 56.6 cm³/mol. The van der Waals surface area contributed by atoms with Crippen LogP contribution in [-0.4, -0.2) is 23.8 Å². The number of hydrogen-bond donors (Lipinski definition) is 0. The highest BCUT2D eigenvalue weighted by Crippen LogP contribution is 2.13. The molecule has 13 heavy (non-hydrogen) atoms. The highest BCUT2D eigenvalue weighted by atomic mass is 16.1. The second kappa shape index (κ2) is 5.79. The van der Waals surface area contributed by atoms with Crippen molar-refractivity contribution < 1.29 is 4.79 Å². The van der Waals surface area contributed by atoms with E-state index in [9.17, 15) is 4.79 Å². The number of carbonyl (C=O) groups is 1. The Kier molecular flexibility index (Phi) is 5.44. The first-order chi connectivity index (χ1) is 6.08. The molecule has 0 fully saturated rings. The minimum atomic E-state index is 0.150. The number of ketones is 1. The van der Waals surface area contributed by atoms with Crippen molar-refractivity contribution in [2.45, 2.75) is 46.6 Å². The number of nitrogens with zero attached hydrogens (tertiary/aromatic N) is 1. The smallest absolute Gasteiger partial charge is 0.175 e. The summed E-state index contributed by atoms with van der Waals surface area (Å²) in [7, 11) is 1.99. The van der Waals surface area contributed by atoms with Gasteiger partial charge in [0.15, 0.2) is 5.78 Å². The van der Waals surface area contributed by atoms with Gasteiger partial charge in [-0.25, -0.2) is 0 Å². The molecular formula is C11H21NO. The summed E-state index contributed by atoms with van der Waals surface area (Å²) in [6.07, 6.45) is 4.05. The van der Waals surface area contributed by atoms with E-state index in [0.29, 0.717) is 6.04 Å². The average Bonchev–Trinajstić information content (AvgIpc) is 2.07. The summed E-state index contributed by atoms with van der Waals surface area (Å²) in [5.41, 5.74) is 0.828. The molecule has 0 rings (SSSR count). The van der Waals surface area contributed by atoms with Crippen LogP contribution < -0.4 is 0 Å². The summed E-state index contributed by atoms with van der Waals surface area (Å²) in [5, 5.41) is 0. The van der Waals surface area contributed by atoms with Crippen LogP contribution in [0, 0.1) is 0 Å². The van der Waals surface area contributed by atoms with Crippen LogP contribution in [-0.2, 0) is 4.79 Å². The fourth-order valence-electron chi connectivity index (χ4n) is 1.69. The highest BCUT2D eigenvalue weighted by Gasteiger charge is 2.15. The Balaban J connectivity index is 4.54. The molecule has 0 aliphatic rings. The molecule has 0 aliphatic heterocycles. The van der Waals surface area contributed by atoms with Crippen molar-refractivity contribution in [2.24, 2.45) is 0 Å². The van der Waals surface area contributed by atoms with Gasteiger partial charge in [0, 0.05) is 20.0 Å². The van der Waals surface area contributed by atoms with Crippen molar-refractivity contribution in [3.8, 4) is 0 Å². The minimum absolute atomic E-state index is 0.150. The van der Waals surface area contributed by atoms with E-state index < -0.39 is 0 Å². The van der Waals surface area contributed by atoms with Crippen molar-refractivity contribution in [3.05, 3.63) is 11.8 Å². The molecule has 76 valence electrons. The zero-order valence-corrected chi connectivity index (χ0v) is 9.42. The first kappa shape index (κ1) is 12.2. The summed E-state index contributed by atoms with van der Waals surface area (Å²) in [5.74, 6) is 0.150. The fourth-order valence-corrected chi connectivity index (χ4v) is 1.69. The van der Waals surface area contributed by atoms with Crippen LogP contribution in [0.5, 0.6) is 0 Å². The molecule has 0 aromatic rings. The second-order valence-electron chi connectivity index (χ2n) is 3.31. The quantitative estimate of drug-likeness (QED) is 0.611. The van der Waals surface area contributed by atoms with Crippen molar-refractivity contribution >= 4 is 5.78 Å². The van der Waals surface area contributed by atoms with Gasteiger partial charge in [-0.05, 0) is 19.8 Å². The molecule has 0 radical (unpaired) electrons. The van der Waals surface area contributed by atoms with E-state index in [1.165, 1.54) is 0 Å². The number of Topliss-reactive ketones (excluding diaryl/α,β-unsaturated/α-hetero) is 1. The van der Waals surface area contributed by atoms with E-state index in [4.69, 9.17) is 0 Å². The number of rotatable bonds is 5. The maximum absolute atomic E-state index is 11.2. The molecule has 0 saturated heterocycles. The van der Waals surface area contributed by atoms with Gasteiger partial charge in [-0.15, -0.1) is 0 Å². The van der Waals surface area contributed by atoms with Gasteiger partial charge < -0.3 is 4.90 Å². The number of hydrogen-bond acceptors (Lipinski definition) is 2. The Morgan fingerprint density at radius 3 is 2.08 bits per heavy atom. The number of carbonyl (C=O) groups excluding carboxylic acids is 1. The third-order valence-corrected chi connectivity index (χ3v) is 2.50. The maximum atomic E-state index is 11.2. The lowest BCUT2D eigenvalue weighted by atomic mass is 10.1. The van der Waals surface area contributed by atoms with E-state index in [-0.39, 0.29) is 5.78 Å². The van der Waals surface area contributed by atoms with Gasteiger partial charge in [0.25, 0.3) is 0 Å². The molecule has 0 bridgehead atoms. The molecule has 0 amide bonds. The third kappa shape index (κ3) is 3.21. The van der Waals surface area contributed by atoms with Crippen molar-refractivity contribution in [1.29, 1.82) is 0 Å². The van der Waals surface area contributed by atoms with Crippen molar-refractivity contribution in [3.63, 3.8) is 0 Å². The standard InChI is InChI=1S/C11H21NO/c1-6-10(7-2)12(5)11(8-3)9(4)13/h8,10H,6-7H2,1-5H3. The molecule has 0 heterocycles. The zero-order valence-electron chi connectivity index (χ0n) is 9.42. The van der Waals surface area contributed by atoms with Gasteiger partial charge >= 0.3 is 0 Å². The summed E-state index contributed by atoms with van der Waals surface area (Å²) in [6.45, 7) is 7.83. The largest absolute Gasteiger partial charge is 0.369 e. The Hall–Kier alpha value is -0.790. The molecule has 0 N–H and O–H groups in total. The average molecular weight is 183 g/mol. The molecule has 2 nitrogen and oxygen atoms in total. The van der Waals surface area contributed by atoms with Crippen LogP contribution in [0.15, 0.2) is 11.8 Å². The maximum Gasteiger partial charge on any atom is 0.175 e. The first-order valence-electron chi connectivity index (χ1n) is 4.98. The molecule has 0 atom stereocenters. The fraction of sp³-hybridized carbons (Fsp3) is 0.727. The Labute approximate surface area is 81.6 Å². The molecular weight excluding hydrogens is 162 g/mol. The van der Waals surface area contributed by atoms with E-state index in [0.717, 1.165) is 18.5 Å². The molecule has 0 spiro atoms. The van der Waals surface area contributed by atoms with Crippen LogP contribution in [0.4, 0.5) is 0 Å². The zero-order chi connectivity index (χ0) is 10.4. The van der Waals surface area contributed by atoms with Gasteiger partial charge in [0.2, 0.25) is 0 Å². The lowest BCUT2D eigenvalue weighted by molar-refractivity contribution is -0.115. The summed E-state index contributed by atoms with van der Waals surface area (Å²) in [4.78, 5) is 13.3. The summed E-state index contributed by atoms with van der Waals surface area (Å²) < 4.78 is 0. The summed E-state index contributed by atoms with van der Waals surface area (Å²) in [6, 6.07) is 0.482. The molecule has 0 saturated carbocycles. The van der Waals surface area contributed by atoms with Gasteiger partial charge in [0.1, 0.15) is 0 Å². The van der Waals surface area contributed by atoms with Crippen LogP contribution in [0.2, 0.25) is 0 Å².